The molecule has 30 heavy (non-hydrogen) atoms. The highest BCUT2D eigenvalue weighted by molar-refractivity contribution is 14.0. The number of aliphatic imine (C=N–C) groups is 1. The lowest BCUT2D eigenvalue weighted by atomic mass is 10.2. The zero-order valence-corrected chi connectivity index (χ0v) is 20.1. The second-order valence-corrected chi connectivity index (χ2v) is 7.34. The standard InChI is InChI=1S/C21H26ClN5O2.HI/c1-2-23-21(27-9-7-26(8-10-27)19-5-3-4-6-24-19)25-15-16-13-17(22)20-18(14-16)28-11-12-29-20;/h3-6,13-14H,2,7-12,15H2,1H3,(H,23,25);1H. The number of aromatic nitrogens is 1. The van der Waals surface area contributed by atoms with Crippen LogP contribution in [0.5, 0.6) is 11.5 Å². The fourth-order valence-electron chi connectivity index (χ4n) is 3.54. The van der Waals surface area contributed by atoms with Crippen molar-refractivity contribution in [3.63, 3.8) is 0 Å². The molecule has 0 spiro atoms. The van der Waals surface area contributed by atoms with E-state index in [0.717, 1.165) is 50.1 Å². The highest BCUT2D eigenvalue weighted by atomic mass is 127. The van der Waals surface area contributed by atoms with Crippen molar-refractivity contribution in [2.75, 3.05) is 50.8 Å². The van der Waals surface area contributed by atoms with Gasteiger partial charge in [-0.25, -0.2) is 9.98 Å². The van der Waals surface area contributed by atoms with Gasteiger partial charge >= 0.3 is 0 Å². The molecule has 1 saturated heterocycles. The number of halogens is 2. The number of guanidine groups is 1. The largest absolute Gasteiger partial charge is 0.486 e. The Labute approximate surface area is 199 Å². The lowest BCUT2D eigenvalue weighted by molar-refractivity contribution is 0.171. The molecular formula is C21H27ClIN5O2. The molecule has 0 saturated carbocycles. The number of pyridine rings is 1. The molecule has 1 N–H and O–H groups in total. The minimum Gasteiger partial charge on any atom is -0.486 e. The van der Waals surface area contributed by atoms with Gasteiger partial charge in [0.15, 0.2) is 17.5 Å². The van der Waals surface area contributed by atoms with Crippen molar-refractivity contribution in [1.82, 2.24) is 15.2 Å². The summed E-state index contributed by atoms with van der Waals surface area (Å²) in [6, 6.07) is 9.90. The first-order valence-corrected chi connectivity index (χ1v) is 10.4. The third-order valence-corrected chi connectivity index (χ3v) is 5.24. The van der Waals surface area contributed by atoms with Gasteiger partial charge in [-0.15, -0.1) is 24.0 Å². The second-order valence-electron chi connectivity index (χ2n) is 6.93. The first-order chi connectivity index (χ1) is 14.2. The van der Waals surface area contributed by atoms with E-state index in [9.17, 15) is 0 Å². The van der Waals surface area contributed by atoms with Crippen molar-refractivity contribution in [2.45, 2.75) is 13.5 Å². The van der Waals surface area contributed by atoms with E-state index in [0.29, 0.717) is 36.3 Å². The van der Waals surface area contributed by atoms with Gasteiger partial charge in [0.05, 0.1) is 11.6 Å². The van der Waals surface area contributed by atoms with Gasteiger partial charge in [0.25, 0.3) is 0 Å². The highest BCUT2D eigenvalue weighted by Gasteiger charge is 2.21. The van der Waals surface area contributed by atoms with Crippen LogP contribution in [0.1, 0.15) is 12.5 Å². The summed E-state index contributed by atoms with van der Waals surface area (Å²) in [5.41, 5.74) is 1.00. The van der Waals surface area contributed by atoms with Crippen LogP contribution in [0.2, 0.25) is 5.02 Å². The Morgan fingerprint density at radius 3 is 2.70 bits per heavy atom. The summed E-state index contributed by atoms with van der Waals surface area (Å²) in [6.45, 7) is 8.11. The molecule has 2 aliphatic rings. The van der Waals surface area contributed by atoms with Crippen LogP contribution < -0.4 is 19.7 Å². The van der Waals surface area contributed by atoms with E-state index in [1.807, 2.05) is 30.5 Å². The molecule has 162 valence electrons. The number of nitrogens with zero attached hydrogens (tertiary/aromatic N) is 4. The van der Waals surface area contributed by atoms with E-state index in [2.05, 4.69) is 33.1 Å². The summed E-state index contributed by atoms with van der Waals surface area (Å²) >= 11 is 6.36. The number of piperazine rings is 1. The summed E-state index contributed by atoms with van der Waals surface area (Å²) < 4.78 is 11.3. The van der Waals surface area contributed by atoms with E-state index in [4.69, 9.17) is 26.1 Å². The molecule has 0 bridgehead atoms. The summed E-state index contributed by atoms with van der Waals surface area (Å²) in [5, 5.41) is 3.98. The van der Waals surface area contributed by atoms with Crippen molar-refractivity contribution in [3.8, 4) is 11.5 Å². The number of ether oxygens (including phenoxy) is 2. The predicted molar refractivity (Wildman–Crippen MR) is 131 cm³/mol. The monoisotopic (exact) mass is 543 g/mol. The fraction of sp³-hybridized carbons (Fsp3) is 0.429. The molecular weight excluding hydrogens is 517 g/mol. The molecule has 0 unspecified atom stereocenters. The molecule has 1 aromatic carbocycles. The maximum Gasteiger partial charge on any atom is 0.194 e. The van der Waals surface area contributed by atoms with Crippen LogP contribution in [0.25, 0.3) is 0 Å². The number of benzene rings is 1. The molecule has 2 aromatic rings. The first kappa shape index (κ1) is 22.7. The van der Waals surface area contributed by atoms with Crippen molar-refractivity contribution in [3.05, 3.63) is 47.1 Å². The Kier molecular flexibility index (Phi) is 8.26. The second kappa shape index (κ2) is 10.9. The van der Waals surface area contributed by atoms with Gasteiger partial charge in [-0.3, -0.25) is 0 Å². The molecule has 2 aliphatic heterocycles. The summed E-state index contributed by atoms with van der Waals surface area (Å²) in [4.78, 5) is 13.9. The number of fused-ring (bicyclic) bond motifs is 1. The van der Waals surface area contributed by atoms with Gasteiger partial charge in [-0.1, -0.05) is 17.7 Å². The smallest absolute Gasteiger partial charge is 0.194 e. The topological polar surface area (TPSA) is 62.2 Å². The third kappa shape index (κ3) is 5.40. The van der Waals surface area contributed by atoms with Gasteiger partial charge in [0, 0.05) is 38.9 Å². The summed E-state index contributed by atoms with van der Waals surface area (Å²) in [5.74, 6) is 3.27. The fourth-order valence-corrected chi connectivity index (χ4v) is 3.82. The lowest BCUT2D eigenvalue weighted by Gasteiger charge is -2.37. The molecule has 0 atom stereocenters. The molecule has 3 heterocycles. The summed E-state index contributed by atoms with van der Waals surface area (Å²) in [7, 11) is 0. The maximum absolute atomic E-state index is 6.36. The number of anilines is 1. The van der Waals surface area contributed by atoms with Crippen molar-refractivity contribution in [2.24, 2.45) is 4.99 Å². The lowest BCUT2D eigenvalue weighted by Crippen LogP contribution is -2.52. The van der Waals surface area contributed by atoms with Crippen LogP contribution in [-0.4, -0.2) is 61.8 Å². The van der Waals surface area contributed by atoms with Gasteiger partial charge in [-0.2, -0.15) is 0 Å². The average molecular weight is 544 g/mol. The zero-order valence-electron chi connectivity index (χ0n) is 17.0. The number of hydrogen-bond acceptors (Lipinski definition) is 5. The molecule has 1 fully saturated rings. The molecule has 1 aromatic heterocycles. The zero-order chi connectivity index (χ0) is 20.1. The van der Waals surface area contributed by atoms with Crippen molar-refractivity contribution < 1.29 is 9.47 Å². The van der Waals surface area contributed by atoms with Crippen LogP contribution in [0, 0.1) is 0 Å². The Hall–Kier alpha value is -1.94. The molecule has 0 aliphatic carbocycles. The van der Waals surface area contributed by atoms with Gasteiger partial charge < -0.3 is 24.6 Å². The average Bonchev–Trinajstić information content (AvgIpc) is 2.77. The van der Waals surface area contributed by atoms with Gasteiger partial charge in [0.2, 0.25) is 0 Å². The van der Waals surface area contributed by atoms with Gasteiger partial charge in [0.1, 0.15) is 19.0 Å². The third-order valence-electron chi connectivity index (χ3n) is 4.96. The SMILES string of the molecule is CCNC(=NCc1cc(Cl)c2c(c1)OCCO2)N1CCN(c2ccccn2)CC1.I. The Morgan fingerprint density at radius 2 is 1.97 bits per heavy atom. The van der Waals surface area contributed by atoms with E-state index < -0.39 is 0 Å². The quantitative estimate of drug-likeness (QED) is 0.362. The highest BCUT2D eigenvalue weighted by Crippen LogP contribution is 2.38. The molecule has 9 heteroatoms. The molecule has 4 rings (SSSR count). The van der Waals surface area contributed by atoms with Crippen LogP contribution in [0.3, 0.4) is 0 Å². The molecule has 0 radical (unpaired) electrons. The maximum atomic E-state index is 6.36. The molecule has 0 amide bonds. The van der Waals surface area contributed by atoms with Gasteiger partial charge in [-0.05, 0) is 36.8 Å². The normalized spacial score (nSPS) is 16.1. The number of nitrogens with one attached hydrogen (secondary N) is 1. The predicted octanol–water partition coefficient (Wildman–Crippen LogP) is 3.41. The van der Waals surface area contributed by atoms with Crippen LogP contribution in [0.4, 0.5) is 5.82 Å². The summed E-state index contributed by atoms with van der Waals surface area (Å²) in [6.07, 6.45) is 1.84. The van der Waals surface area contributed by atoms with Crippen LogP contribution in [0.15, 0.2) is 41.5 Å². The minimum absolute atomic E-state index is 0. The molecule has 7 nitrogen and oxygen atoms in total. The van der Waals surface area contributed by atoms with E-state index >= 15 is 0 Å². The van der Waals surface area contributed by atoms with E-state index in [1.165, 1.54) is 0 Å². The number of hydrogen-bond donors (Lipinski definition) is 1. The Balaban J connectivity index is 0.00000256. The van der Waals surface area contributed by atoms with Crippen LogP contribution in [-0.2, 0) is 6.54 Å². The Morgan fingerprint density at radius 1 is 1.17 bits per heavy atom. The van der Waals surface area contributed by atoms with E-state index in [1.54, 1.807) is 0 Å². The Bertz CT molecular complexity index is 860. The van der Waals surface area contributed by atoms with Crippen LogP contribution >= 0.6 is 35.6 Å². The van der Waals surface area contributed by atoms with Crippen molar-refractivity contribution in [1.29, 1.82) is 0 Å². The minimum atomic E-state index is 0. The first-order valence-electron chi connectivity index (χ1n) is 10.0. The number of rotatable bonds is 4. The van der Waals surface area contributed by atoms with E-state index in [-0.39, 0.29) is 24.0 Å². The van der Waals surface area contributed by atoms with Crippen molar-refractivity contribution >= 4 is 47.4 Å².